The van der Waals surface area contributed by atoms with Crippen LogP contribution in [0.5, 0.6) is 0 Å². The Hall–Kier alpha value is -1.38. The van der Waals surface area contributed by atoms with Gasteiger partial charge in [0.05, 0.1) is 0 Å². The first kappa shape index (κ1) is 19.3. The zero-order valence-corrected chi connectivity index (χ0v) is 19.0. The summed E-state index contributed by atoms with van der Waals surface area (Å²) in [5.41, 5.74) is 0. The zero-order valence-electron chi connectivity index (χ0n) is 17.3. The molecule has 0 nitrogen and oxygen atoms in total. The third-order valence-electron chi connectivity index (χ3n) is 8.24. The van der Waals surface area contributed by atoms with Crippen molar-refractivity contribution in [3.05, 3.63) is 85.0 Å². The highest BCUT2D eigenvalue weighted by Crippen LogP contribution is 2.68. The molecule has 0 aliphatic heterocycles. The van der Waals surface area contributed by atoms with Crippen molar-refractivity contribution < 1.29 is 0 Å². The standard InChI is InChI=1S/C28H30S2/c1-3-7-19(8-4-1)29-17-15-21-23-11-13-25-22(16-18-30-20-9-5-2-6-10-20)26-14-12-24(21)28(26)27(23)25/h1-14,21-28H,15-18H2/t21?,22?,23-,24-,25-,26+,27?,28?/m1/s1. The van der Waals surface area contributed by atoms with Crippen LogP contribution in [0.15, 0.2) is 94.8 Å². The zero-order chi connectivity index (χ0) is 19.9. The molecule has 8 atom stereocenters. The average molecular weight is 431 g/mol. The van der Waals surface area contributed by atoms with E-state index >= 15 is 0 Å². The SMILES string of the molecule is C1=C[C@@H]2C(CCSc3ccccc3)[C@@H]3C=C[C@@H]4C(CCSc5ccccc5)[C@@H]1C2C43. The predicted molar refractivity (Wildman–Crippen MR) is 130 cm³/mol. The summed E-state index contributed by atoms with van der Waals surface area (Å²) in [7, 11) is 0. The molecule has 154 valence electrons. The molecule has 30 heavy (non-hydrogen) atoms. The van der Waals surface area contributed by atoms with Gasteiger partial charge in [0.25, 0.3) is 0 Å². The van der Waals surface area contributed by atoms with Crippen molar-refractivity contribution >= 4 is 23.5 Å². The Balaban J connectivity index is 1.09. The highest BCUT2D eigenvalue weighted by Gasteiger charge is 2.63. The van der Waals surface area contributed by atoms with Gasteiger partial charge in [-0.1, -0.05) is 60.7 Å². The van der Waals surface area contributed by atoms with Crippen molar-refractivity contribution in [2.45, 2.75) is 22.6 Å². The van der Waals surface area contributed by atoms with Gasteiger partial charge >= 0.3 is 0 Å². The van der Waals surface area contributed by atoms with Crippen LogP contribution in [0, 0.1) is 47.3 Å². The molecule has 2 heteroatoms. The maximum Gasteiger partial charge on any atom is 0.00719 e. The second-order valence-electron chi connectivity index (χ2n) is 9.46. The molecule has 4 aliphatic carbocycles. The van der Waals surface area contributed by atoms with Gasteiger partial charge in [-0.25, -0.2) is 0 Å². The Bertz CT molecular complexity index is 813. The molecule has 0 amide bonds. The lowest BCUT2D eigenvalue weighted by Crippen LogP contribution is -2.20. The van der Waals surface area contributed by atoms with Crippen LogP contribution in [-0.2, 0) is 0 Å². The molecule has 2 aromatic carbocycles. The van der Waals surface area contributed by atoms with E-state index < -0.39 is 0 Å². The molecule has 2 aromatic rings. The minimum absolute atomic E-state index is 0.848. The van der Waals surface area contributed by atoms with E-state index in [1.54, 1.807) is 0 Å². The van der Waals surface area contributed by atoms with Gasteiger partial charge in [0.15, 0.2) is 0 Å². The molecule has 0 aromatic heterocycles. The minimum Gasteiger partial charge on any atom is -0.126 e. The second-order valence-corrected chi connectivity index (χ2v) is 11.8. The van der Waals surface area contributed by atoms with Crippen LogP contribution in [0.2, 0.25) is 0 Å². The molecular formula is C28H30S2. The first-order valence-corrected chi connectivity index (χ1v) is 13.6. The third kappa shape index (κ3) is 3.31. The first-order chi connectivity index (χ1) is 14.9. The van der Waals surface area contributed by atoms with Crippen LogP contribution in [-0.4, -0.2) is 11.5 Å². The van der Waals surface area contributed by atoms with E-state index in [4.69, 9.17) is 0 Å². The molecule has 6 rings (SSSR count). The van der Waals surface area contributed by atoms with Crippen LogP contribution in [0.4, 0.5) is 0 Å². The summed E-state index contributed by atoms with van der Waals surface area (Å²) in [6.07, 6.45) is 13.3. The van der Waals surface area contributed by atoms with Gasteiger partial charge in [-0.15, -0.1) is 23.5 Å². The number of benzene rings is 2. The van der Waals surface area contributed by atoms with Crippen molar-refractivity contribution in [2.75, 3.05) is 11.5 Å². The van der Waals surface area contributed by atoms with Crippen molar-refractivity contribution in [3.8, 4) is 0 Å². The number of allylic oxidation sites excluding steroid dienone is 4. The Kier molecular flexibility index (Phi) is 5.33. The van der Waals surface area contributed by atoms with E-state index in [9.17, 15) is 0 Å². The quantitative estimate of drug-likeness (QED) is 0.315. The van der Waals surface area contributed by atoms with Crippen LogP contribution >= 0.6 is 23.5 Å². The van der Waals surface area contributed by atoms with Gasteiger partial charge in [0, 0.05) is 9.79 Å². The fourth-order valence-electron chi connectivity index (χ4n) is 7.22. The Morgan fingerprint density at radius 2 is 0.867 bits per heavy atom. The molecule has 0 radical (unpaired) electrons. The number of hydrogen-bond donors (Lipinski definition) is 0. The second kappa shape index (κ2) is 8.28. The maximum absolute atomic E-state index is 2.65. The lowest BCUT2D eigenvalue weighted by atomic mass is 9.81. The monoisotopic (exact) mass is 430 g/mol. The largest absolute Gasteiger partial charge is 0.126 e. The van der Waals surface area contributed by atoms with Crippen LogP contribution < -0.4 is 0 Å². The average Bonchev–Trinajstić information content (AvgIpc) is 3.52. The van der Waals surface area contributed by atoms with Crippen molar-refractivity contribution in [1.82, 2.24) is 0 Å². The van der Waals surface area contributed by atoms with Crippen LogP contribution in [0.3, 0.4) is 0 Å². The van der Waals surface area contributed by atoms with E-state index in [-0.39, 0.29) is 0 Å². The fourth-order valence-corrected chi connectivity index (χ4v) is 9.17. The maximum atomic E-state index is 2.65. The third-order valence-corrected chi connectivity index (χ3v) is 10.3. The summed E-state index contributed by atoms with van der Waals surface area (Å²) >= 11 is 4.09. The normalized spacial score (nSPS) is 37.2. The molecule has 0 saturated heterocycles. The summed E-state index contributed by atoms with van der Waals surface area (Å²) in [6.45, 7) is 0. The molecule has 0 N–H and O–H groups in total. The lowest BCUT2D eigenvalue weighted by Gasteiger charge is -2.25. The van der Waals surface area contributed by atoms with E-state index in [1.807, 2.05) is 23.5 Å². The predicted octanol–water partition coefficient (Wildman–Crippen LogP) is 7.45. The first-order valence-electron chi connectivity index (χ1n) is 11.6. The summed E-state index contributed by atoms with van der Waals surface area (Å²) in [5, 5.41) is 0. The number of hydrogen-bond acceptors (Lipinski definition) is 2. The highest BCUT2D eigenvalue weighted by atomic mass is 32.2. The highest BCUT2D eigenvalue weighted by molar-refractivity contribution is 7.99. The molecule has 0 spiro atoms. The van der Waals surface area contributed by atoms with Gasteiger partial charge in [0.2, 0.25) is 0 Å². The fraction of sp³-hybridized carbons (Fsp3) is 0.429. The Morgan fingerprint density at radius 3 is 1.23 bits per heavy atom. The van der Waals surface area contributed by atoms with Crippen LogP contribution in [0.25, 0.3) is 0 Å². The number of thioether (sulfide) groups is 2. The van der Waals surface area contributed by atoms with Crippen molar-refractivity contribution in [1.29, 1.82) is 0 Å². The van der Waals surface area contributed by atoms with Gasteiger partial charge in [-0.3, -0.25) is 0 Å². The van der Waals surface area contributed by atoms with Crippen molar-refractivity contribution in [2.24, 2.45) is 47.3 Å². The summed E-state index contributed by atoms with van der Waals surface area (Å²) in [4.78, 5) is 2.85. The molecule has 2 fully saturated rings. The van der Waals surface area contributed by atoms with E-state index in [0.717, 1.165) is 47.3 Å². The van der Waals surface area contributed by atoms with E-state index in [2.05, 4.69) is 85.0 Å². The van der Waals surface area contributed by atoms with E-state index in [0.29, 0.717) is 0 Å². The Labute approximate surface area is 189 Å². The Morgan fingerprint density at radius 1 is 0.500 bits per heavy atom. The topological polar surface area (TPSA) is 0 Å². The minimum atomic E-state index is 0.848. The summed E-state index contributed by atoms with van der Waals surface area (Å²) < 4.78 is 0. The summed E-state index contributed by atoms with van der Waals surface area (Å²) in [5.74, 6) is 9.53. The molecule has 4 unspecified atom stereocenters. The summed E-state index contributed by atoms with van der Waals surface area (Å²) in [6, 6.07) is 21.9. The smallest absolute Gasteiger partial charge is 0.00719 e. The van der Waals surface area contributed by atoms with Gasteiger partial charge < -0.3 is 0 Å². The number of rotatable bonds is 8. The molecule has 2 saturated carbocycles. The van der Waals surface area contributed by atoms with Gasteiger partial charge in [0.1, 0.15) is 0 Å². The lowest BCUT2D eigenvalue weighted by molar-refractivity contribution is 0.286. The molecule has 0 bridgehead atoms. The molecule has 4 aliphatic rings. The molecule has 0 heterocycles. The van der Waals surface area contributed by atoms with Gasteiger partial charge in [-0.2, -0.15) is 0 Å². The molecular weight excluding hydrogens is 400 g/mol. The van der Waals surface area contributed by atoms with Crippen molar-refractivity contribution in [3.63, 3.8) is 0 Å². The van der Waals surface area contributed by atoms with E-state index in [1.165, 1.54) is 34.1 Å². The van der Waals surface area contributed by atoms with Crippen LogP contribution in [0.1, 0.15) is 12.8 Å². The van der Waals surface area contributed by atoms with Gasteiger partial charge in [-0.05, 0) is 96.0 Å².